The molecule has 21 rings (SSSR count). The van der Waals surface area contributed by atoms with Crippen LogP contribution < -0.4 is 12.5 Å². The molecule has 0 amide bonds. The minimum absolute atomic E-state index is 0. The molecule has 1 N–H and O–H groups in total. The normalized spacial score (nSPS) is 11.2. The Morgan fingerprint density at radius 1 is 0.453 bits per heavy atom. The minimum atomic E-state index is -0.665. The molecule has 585 valence electrons. The average molecular weight is 2260 g/mol. The molecule has 0 atom stereocenters. The Morgan fingerprint density at radius 2 is 0.991 bits per heavy atom. The largest absolute Gasteiger partial charge is 0.881 e. The van der Waals surface area contributed by atoms with E-state index in [4.69, 9.17) is 16.4 Å². The van der Waals surface area contributed by atoms with Crippen LogP contribution in [-0.2, 0) is 87.5 Å². The third kappa shape index (κ3) is 19.6. The average Bonchev–Trinajstić information content (AvgIpc) is 1.59. The Kier molecular flexibility index (Phi) is 28.3. The molecular weight excluding hydrogens is 2180 g/mol. The van der Waals surface area contributed by atoms with Gasteiger partial charge in [0.2, 0.25) is 0 Å². The first-order chi connectivity index (χ1) is 57.3. The number of aromatic nitrogens is 8. The zero-order chi connectivity index (χ0) is 79.4. The van der Waals surface area contributed by atoms with Gasteiger partial charge in [-0.3, -0.25) is 9.97 Å². The molecule has 0 bridgehead atoms. The van der Waals surface area contributed by atoms with Crippen LogP contribution in [0.1, 0.15) is 8.66 Å². The van der Waals surface area contributed by atoms with Crippen molar-refractivity contribution >= 4 is 98.0 Å². The second-order valence-corrected chi connectivity index (χ2v) is 27.1. The van der Waals surface area contributed by atoms with Crippen LogP contribution in [0.2, 0.25) is 1.43 Å². The van der Waals surface area contributed by atoms with Crippen molar-refractivity contribution in [2.24, 2.45) is 7.05 Å². The van der Waals surface area contributed by atoms with Crippen molar-refractivity contribution in [3.63, 3.8) is 0 Å². The van der Waals surface area contributed by atoms with E-state index in [0.29, 0.717) is 5.82 Å². The van der Waals surface area contributed by atoms with Crippen molar-refractivity contribution in [2.45, 2.75) is 6.92 Å². The van der Waals surface area contributed by atoms with E-state index in [0.717, 1.165) is 83.9 Å². The number of anilines is 1. The summed E-state index contributed by atoms with van der Waals surface area (Å²) in [5.74, 6) is 3.11. The van der Waals surface area contributed by atoms with Crippen LogP contribution >= 0.6 is 0 Å². The maximum Gasteiger partial charge on any atom is 0.881 e. The molecule has 1 aliphatic heterocycles. The smallest absolute Gasteiger partial charge is 0.616 e. The first-order valence-corrected chi connectivity index (χ1v) is 37.8. The molecule has 13 aromatic carbocycles. The van der Waals surface area contributed by atoms with Crippen LogP contribution in [0, 0.1) is 37.9 Å². The summed E-state index contributed by atoms with van der Waals surface area (Å²) in [6.45, 7) is 3.98. The Balaban J connectivity index is 0.000000145. The second-order valence-electron chi connectivity index (χ2n) is 26.4. The van der Waals surface area contributed by atoms with E-state index < -0.39 is 15.9 Å². The molecule has 0 spiro atoms. The third-order valence-corrected chi connectivity index (χ3v) is 19.7. The van der Waals surface area contributed by atoms with E-state index >= 15 is 0 Å². The van der Waals surface area contributed by atoms with Crippen LogP contribution in [0.4, 0.5) is 5.69 Å². The van der Waals surface area contributed by atoms with Crippen molar-refractivity contribution in [3.05, 3.63) is 414 Å². The molecule has 1 aliphatic rings. The summed E-state index contributed by atoms with van der Waals surface area (Å²) >= 11 is -0.665. The van der Waals surface area contributed by atoms with Gasteiger partial charge in [0.1, 0.15) is 16.8 Å². The standard InChI is InChI=1S/C30H20N2.C16H12N2O.C12H10O.C11H8N.C10H9N2.C10H9NO.C9H7N2O.Al.4Ir.H2/c1-5-16-27-23(12-1)24-13-2-6-17-28(24)31(27)21-10-9-11-22(20-21)32-29-18-7-3-14-25(29)26-15-4-8-19-30(26)32;1-17-9-10-18(11-17)14-7-4-6-13-12-5-2-3-8-15(12)19-16(13)14;13-12-8-6-11(7-9-12)10-4-2-1-3-5-10;1-2-6-10(7-3-1)11-8-4-5-9-12-11;1-12-8-7-11-10(12)9-5-3-2-4-6-9;1-7-5-6-8-3-2-4-9(12)10(8)11-7;12-11-7-6-10-9(11)8-4-2-1-3-5-8;;;;;;/h1-20H;2-6,8-11H,1H3;1-9,13H;1-6,8-9H;2-5,7-8H,1H3;2-6,12H,1H3;1-4,6-7,12H;;;;;;1H/q;-2;;2*-1;;-1;+2;;;;;/p-2/i;;;;;;12D;;;;;;1+1D. The molecule has 5 radical (unpaired) electrons. The van der Waals surface area contributed by atoms with E-state index in [-0.39, 0.29) is 80.4 Å². The van der Waals surface area contributed by atoms with E-state index in [2.05, 4.69) is 216 Å². The molecule has 14 nitrogen and oxygen atoms in total. The van der Waals surface area contributed by atoms with Crippen molar-refractivity contribution < 1.29 is 102 Å². The number of aryl methyl sites for hydroxylation is 2. The van der Waals surface area contributed by atoms with Gasteiger partial charge in [-0.15, -0.1) is 108 Å². The number of benzene rings is 13. The maximum atomic E-state index is 6.76. The SMILES string of the molecule is CN1C=CN(c2[c-]ccc3c2oc2ccccc23)[CH-]1.Cc1ccc2cccc([O][Al][O]c3ccc(-c4ccccc4)cc3)c2n1.Cn1ccnc1-c1[c-]cccc1.[2H]On1ccnc1-c1[c-]cccc1.[2H][2H].[Ir].[Ir].[Ir].[Ir].[c-]1ccccc1-c1ccccn1.c1cc(-n2c3ccccc3c3ccccc32)cc(-n2c3ccccc3c3ccccc32)c1. The minimum Gasteiger partial charge on any atom is -0.616 e. The van der Waals surface area contributed by atoms with E-state index in [1.54, 1.807) is 30.9 Å². The number of furan rings is 1. The molecular formula is C98H75AlIr4N10O4-5. The molecule has 19 heteroatoms. The van der Waals surface area contributed by atoms with Gasteiger partial charge in [-0.25, -0.2) is 9.71 Å². The number of hydrogen-bond donors (Lipinski definition) is 1. The van der Waals surface area contributed by atoms with Crippen molar-refractivity contribution in [1.29, 1.82) is 0 Å². The number of imidazole rings is 2. The van der Waals surface area contributed by atoms with Crippen LogP contribution in [0.15, 0.2) is 381 Å². The Labute approximate surface area is 744 Å². The Hall–Kier alpha value is -11.9. The molecule has 0 aliphatic carbocycles. The van der Waals surface area contributed by atoms with Crippen LogP contribution in [-0.4, -0.2) is 71.4 Å². The fraction of sp³-hybridized carbons (Fsp3) is 0.0306. The first kappa shape index (κ1) is 81.7. The van der Waals surface area contributed by atoms with Gasteiger partial charge >= 0.3 is 17.3 Å². The number of nitrogens with zero attached hydrogens (tertiary/aromatic N) is 10. The fourth-order valence-corrected chi connectivity index (χ4v) is 14.3. The number of fused-ring (bicyclic) bond motifs is 10. The molecule has 20 aromatic rings. The molecule has 8 heterocycles. The number of para-hydroxylation sites is 6. The molecule has 7 aromatic heterocycles. The Bertz CT molecular complexity index is 6380. The summed E-state index contributed by atoms with van der Waals surface area (Å²) in [6, 6.07) is 125. The van der Waals surface area contributed by atoms with E-state index in [9.17, 15) is 0 Å². The van der Waals surface area contributed by atoms with Crippen LogP contribution in [0.3, 0.4) is 0 Å². The van der Waals surface area contributed by atoms with Crippen molar-refractivity contribution in [1.82, 2.24) is 43.3 Å². The quantitative estimate of drug-likeness (QED) is 0.0717. The van der Waals surface area contributed by atoms with Gasteiger partial charge in [0.05, 0.1) is 45.7 Å². The van der Waals surface area contributed by atoms with Gasteiger partial charge in [-0.1, -0.05) is 181 Å². The number of hydrogen-bond acceptors (Lipinski definition) is 10. The molecule has 0 fully saturated rings. The summed E-state index contributed by atoms with van der Waals surface area (Å²) < 4.78 is 42.5. The van der Waals surface area contributed by atoms with Crippen LogP contribution in [0.25, 0.3) is 133 Å². The predicted molar refractivity (Wildman–Crippen MR) is 459 cm³/mol. The molecule has 117 heavy (non-hydrogen) atoms. The maximum absolute atomic E-state index is 6.76. The predicted octanol–water partition coefficient (Wildman–Crippen LogP) is 23.1. The summed E-state index contributed by atoms with van der Waals surface area (Å²) in [4.78, 5) is 21.1. The second kappa shape index (κ2) is 40.6. The van der Waals surface area contributed by atoms with Gasteiger partial charge in [-0.05, 0) is 122 Å². The van der Waals surface area contributed by atoms with Gasteiger partial charge in [0.25, 0.3) is 0 Å². The fourth-order valence-electron chi connectivity index (χ4n) is 13.7. The zero-order valence-corrected chi connectivity index (χ0v) is 74.1. The van der Waals surface area contributed by atoms with Gasteiger partial charge in [0.15, 0.2) is 0 Å². The number of rotatable bonds is 12. The summed E-state index contributed by atoms with van der Waals surface area (Å²) in [5.41, 5.74) is 18.0. The van der Waals surface area contributed by atoms with E-state index in [1.807, 2.05) is 231 Å². The van der Waals surface area contributed by atoms with Crippen molar-refractivity contribution in [3.8, 4) is 68.0 Å². The molecule has 0 saturated carbocycles. The Morgan fingerprint density at radius 3 is 1.56 bits per heavy atom. The summed E-state index contributed by atoms with van der Waals surface area (Å²) in [7, 11) is 3.97. The monoisotopic (exact) mass is 2260 g/mol. The molecule has 0 unspecified atom stereocenters. The summed E-state index contributed by atoms with van der Waals surface area (Å²) in [5, 5.41) is 12.8. The summed E-state index contributed by atoms with van der Waals surface area (Å²) in [6.07, 6.45) is 12.6. The number of pyridine rings is 2. The van der Waals surface area contributed by atoms with Crippen LogP contribution in [0.5, 0.6) is 11.5 Å². The zero-order valence-electron chi connectivity index (χ0n) is 66.4. The van der Waals surface area contributed by atoms with E-state index in [1.165, 1.54) is 70.8 Å². The van der Waals surface area contributed by atoms with Gasteiger partial charge in [-0.2, -0.15) is 24.9 Å². The third-order valence-electron chi connectivity index (χ3n) is 19.0. The van der Waals surface area contributed by atoms with Gasteiger partial charge < -0.3 is 45.7 Å². The van der Waals surface area contributed by atoms with Gasteiger partial charge in [0, 0.05) is 170 Å². The topological polar surface area (TPSA) is 130 Å². The molecule has 0 saturated heterocycles. The first-order valence-electron chi connectivity index (χ1n) is 38.3. The van der Waals surface area contributed by atoms with Crippen molar-refractivity contribution in [2.75, 3.05) is 11.9 Å².